The van der Waals surface area contributed by atoms with Crippen LogP contribution in [0.2, 0.25) is 0 Å². The first kappa shape index (κ1) is 20.0. The number of amides is 2. The van der Waals surface area contributed by atoms with Gasteiger partial charge in [0.2, 0.25) is 0 Å². The van der Waals surface area contributed by atoms with Crippen molar-refractivity contribution in [1.82, 2.24) is 4.90 Å². The van der Waals surface area contributed by atoms with Crippen LogP contribution in [-0.2, 0) is 4.79 Å². The number of hydrogen-bond donors (Lipinski definition) is 0. The van der Waals surface area contributed by atoms with Gasteiger partial charge >= 0.3 is 0 Å². The van der Waals surface area contributed by atoms with E-state index in [1.807, 2.05) is 13.0 Å². The molecule has 2 amide bonds. The first-order valence-electron chi connectivity index (χ1n) is 9.84. The highest BCUT2D eigenvalue weighted by Gasteiger charge is 2.38. The van der Waals surface area contributed by atoms with Gasteiger partial charge in [-0.2, -0.15) is 0 Å². The number of carbonyl (C=O) groups is 2. The van der Waals surface area contributed by atoms with E-state index in [9.17, 15) is 9.59 Å². The minimum absolute atomic E-state index is 0.116. The average Bonchev–Trinajstić information content (AvgIpc) is 2.82. The zero-order valence-corrected chi connectivity index (χ0v) is 18.0. The maximum Gasteiger partial charge on any atom is 0.293 e. The van der Waals surface area contributed by atoms with E-state index in [1.165, 1.54) is 16.2 Å². The van der Waals surface area contributed by atoms with Crippen LogP contribution in [0.5, 0.6) is 0 Å². The van der Waals surface area contributed by atoms with Gasteiger partial charge in [-0.05, 0) is 87.6 Å². The summed E-state index contributed by atoms with van der Waals surface area (Å²) < 4.78 is 0. The molecule has 0 aliphatic carbocycles. The van der Waals surface area contributed by atoms with Crippen molar-refractivity contribution in [2.24, 2.45) is 0 Å². The number of rotatable bonds is 4. The minimum Gasteiger partial charge on any atom is -0.364 e. The Morgan fingerprint density at radius 2 is 2.00 bits per heavy atom. The highest BCUT2D eigenvalue weighted by molar-refractivity contribution is 8.18. The lowest BCUT2D eigenvalue weighted by molar-refractivity contribution is -0.122. The third kappa shape index (κ3) is 3.66. The van der Waals surface area contributed by atoms with Crippen LogP contribution in [0.25, 0.3) is 6.08 Å². The predicted octanol–water partition coefficient (Wildman–Crippen LogP) is 5.63. The van der Waals surface area contributed by atoms with Crippen molar-refractivity contribution in [3.05, 3.63) is 34.2 Å². The molecule has 0 spiro atoms. The Kier molecular flexibility index (Phi) is 5.44. The van der Waals surface area contributed by atoms with Gasteiger partial charge in [0.25, 0.3) is 11.1 Å². The van der Waals surface area contributed by atoms with Gasteiger partial charge in [-0.3, -0.25) is 14.5 Å². The van der Waals surface area contributed by atoms with Crippen molar-refractivity contribution < 1.29 is 9.59 Å². The third-order valence-corrected chi connectivity index (χ3v) is 6.34. The molecule has 4 nitrogen and oxygen atoms in total. The Labute approximate surface area is 167 Å². The van der Waals surface area contributed by atoms with Gasteiger partial charge in [0.15, 0.2) is 0 Å². The summed E-state index contributed by atoms with van der Waals surface area (Å²) >= 11 is 1.05. The number of nitrogens with zero attached hydrogens (tertiary/aromatic N) is 2. The second-order valence-electron chi connectivity index (χ2n) is 8.53. The van der Waals surface area contributed by atoms with E-state index >= 15 is 0 Å². The standard InChI is InChI=1S/C22H30N2O2S/c1-7-10-23-20(25)19(27-21(23)26)12-16-8-9-18-17(11-16)15(4)13-22(5,6)24(18)14(2)3/h8-9,11-12,14-15H,7,10,13H2,1-6H3/b19-12-/t15-/m0/s1. The van der Waals surface area contributed by atoms with Crippen LogP contribution >= 0.6 is 11.8 Å². The third-order valence-electron chi connectivity index (χ3n) is 5.43. The zero-order valence-electron chi connectivity index (χ0n) is 17.2. The number of benzene rings is 1. The van der Waals surface area contributed by atoms with Crippen LogP contribution in [0.1, 0.15) is 71.4 Å². The van der Waals surface area contributed by atoms with Crippen LogP contribution in [0.3, 0.4) is 0 Å². The van der Waals surface area contributed by atoms with Gasteiger partial charge < -0.3 is 4.90 Å². The van der Waals surface area contributed by atoms with Crippen molar-refractivity contribution in [3.63, 3.8) is 0 Å². The van der Waals surface area contributed by atoms with Crippen molar-refractivity contribution in [2.45, 2.75) is 71.9 Å². The molecule has 5 heteroatoms. The van der Waals surface area contributed by atoms with Crippen LogP contribution in [0.15, 0.2) is 23.1 Å². The van der Waals surface area contributed by atoms with Gasteiger partial charge in [-0.15, -0.1) is 0 Å². The van der Waals surface area contributed by atoms with E-state index in [-0.39, 0.29) is 16.7 Å². The smallest absolute Gasteiger partial charge is 0.293 e. The summed E-state index contributed by atoms with van der Waals surface area (Å²) in [5, 5.41) is -0.160. The van der Waals surface area contributed by atoms with Gasteiger partial charge in [0, 0.05) is 23.8 Å². The average molecular weight is 387 g/mol. The second-order valence-corrected chi connectivity index (χ2v) is 9.53. The van der Waals surface area contributed by atoms with Crippen molar-refractivity contribution >= 4 is 34.7 Å². The second kappa shape index (κ2) is 7.34. The lowest BCUT2D eigenvalue weighted by Gasteiger charge is -2.50. The maximum absolute atomic E-state index is 12.5. The first-order chi connectivity index (χ1) is 12.7. The molecular formula is C22H30N2O2S. The van der Waals surface area contributed by atoms with E-state index in [0.717, 1.165) is 30.2 Å². The molecule has 2 aliphatic rings. The molecular weight excluding hydrogens is 356 g/mol. The fourth-order valence-corrected chi connectivity index (χ4v) is 5.47. The normalized spacial score (nSPS) is 23.5. The van der Waals surface area contributed by atoms with Crippen molar-refractivity contribution in [1.29, 1.82) is 0 Å². The van der Waals surface area contributed by atoms with Crippen molar-refractivity contribution in [2.75, 3.05) is 11.4 Å². The Bertz CT molecular complexity index is 798. The Morgan fingerprint density at radius 3 is 2.63 bits per heavy atom. The number of fused-ring (bicyclic) bond motifs is 1. The van der Waals surface area contributed by atoms with E-state index in [2.05, 4.69) is 57.7 Å². The molecule has 0 N–H and O–H groups in total. The molecule has 3 rings (SSSR count). The Balaban J connectivity index is 1.96. The molecule has 0 saturated carbocycles. The maximum atomic E-state index is 12.5. The summed E-state index contributed by atoms with van der Waals surface area (Å²) in [4.78, 5) is 28.9. The molecule has 1 atom stereocenters. The van der Waals surface area contributed by atoms with Crippen molar-refractivity contribution in [3.8, 4) is 0 Å². The largest absolute Gasteiger partial charge is 0.364 e. The summed E-state index contributed by atoms with van der Waals surface area (Å²) in [7, 11) is 0. The zero-order chi connectivity index (χ0) is 19.9. The molecule has 1 fully saturated rings. The Hall–Kier alpha value is -1.75. The molecule has 1 saturated heterocycles. The molecule has 2 heterocycles. The van der Waals surface area contributed by atoms with Crippen LogP contribution in [0, 0.1) is 0 Å². The molecule has 1 aromatic carbocycles. The molecule has 2 aliphatic heterocycles. The van der Waals surface area contributed by atoms with E-state index in [1.54, 1.807) is 0 Å². The monoisotopic (exact) mass is 386 g/mol. The van der Waals surface area contributed by atoms with Gasteiger partial charge in [0.1, 0.15) is 0 Å². The highest BCUT2D eigenvalue weighted by Crippen LogP contribution is 2.45. The summed E-state index contributed by atoms with van der Waals surface area (Å²) in [5.41, 5.74) is 3.71. The van der Waals surface area contributed by atoms with E-state index < -0.39 is 0 Å². The summed E-state index contributed by atoms with van der Waals surface area (Å²) in [6, 6.07) is 6.85. The number of anilines is 1. The summed E-state index contributed by atoms with van der Waals surface area (Å²) in [6.07, 6.45) is 3.74. The number of thioether (sulfide) groups is 1. The van der Waals surface area contributed by atoms with E-state index in [4.69, 9.17) is 0 Å². The summed E-state index contributed by atoms with van der Waals surface area (Å²) in [6.45, 7) is 13.8. The molecule has 0 radical (unpaired) electrons. The predicted molar refractivity (Wildman–Crippen MR) is 114 cm³/mol. The van der Waals surface area contributed by atoms with Gasteiger partial charge in [0.05, 0.1) is 4.91 Å². The van der Waals surface area contributed by atoms with Crippen LogP contribution in [-0.4, -0.2) is 34.2 Å². The SMILES string of the molecule is CCCN1C(=O)S/C(=C\c2ccc3c(c2)[C@@H](C)CC(C)(C)N3C(C)C)C1=O. The number of carbonyl (C=O) groups excluding carboxylic acids is 2. The Morgan fingerprint density at radius 1 is 1.30 bits per heavy atom. The molecule has 1 aromatic rings. The fraction of sp³-hybridized carbons (Fsp3) is 0.545. The molecule has 0 unspecified atom stereocenters. The quantitative estimate of drug-likeness (QED) is 0.629. The van der Waals surface area contributed by atoms with E-state index in [0.29, 0.717) is 23.4 Å². The topological polar surface area (TPSA) is 40.6 Å². The minimum atomic E-state index is -0.164. The van der Waals surface area contributed by atoms with Crippen LogP contribution in [0.4, 0.5) is 10.5 Å². The lowest BCUT2D eigenvalue weighted by atomic mass is 9.79. The van der Waals surface area contributed by atoms with Gasteiger partial charge in [-0.25, -0.2) is 0 Å². The molecule has 0 bridgehead atoms. The number of hydrogen-bond acceptors (Lipinski definition) is 4. The lowest BCUT2D eigenvalue weighted by Crippen LogP contribution is -2.51. The molecule has 27 heavy (non-hydrogen) atoms. The van der Waals surface area contributed by atoms with Crippen LogP contribution < -0.4 is 4.90 Å². The molecule has 0 aromatic heterocycles. The molecule has 146 valence electrons. The number of imide groups is 1. The highest BCUT2D eigenvalue weighted by atomic mass is 32.2. The first-order valence-corrected chi connectivity index (χ1v) is 10.7. The summed E-state index contributed by atoms with van der Waals surface area (Å²) in [5.74, 6) is 0.288. The fourth-order valence-electron chi connectivity index (χ4n) is 4.61. The van der Waals surface area contributed by atoms with Gasteiger partial charge in [-0.1, -0.05) is 19.9 Å².